The molecule has 0 saturated heterocycles. The standard InChI is InChI=1S/C30H28BrClN4O7/c1-17-27(29(38)41-3)28(35-30(39)34-17)19-9-11-24(25(13-19)40-2)43-16-26(37)36-33-14-18-8-10-23(21(31)12-18)42-15-20-6-4-5-7-22(20)32/h4-14,28H,15-16H2,1-3H3,(H,36,37)(H2,34,35,39)/b33-14-/t28-/m1/s1. The number of carbonyl (C=O) groups is 3. The molecule has 0 aliphatic carbocycles. The summed E-state index contributed by atoms with van der Waals surface area (Å²) in [7, 11) is 2.70. The molecule has 3 N–H and O–H groups in total. The van der Waals surface area contributed by atoms with Crippen LogP contribution in [0.5, 0.6) is 17.2 Å². The highest BCUT2D eigenvalue weighted by molar-refractivity contribution is 9.10. The van der Waals surface area contributed by atoms with Gasteiger partial charge in [-0.1, -0.05) is 35.9 Å². The van der Waals surface area contributed by atoms with Gasteiger partial charge in [0.25, 0.3) is 5.91 Å². The van der Waals surface area contributed by atoms with Crippen molar-refractivity contribution in [2.45, 2.75) is 19.6 Å². The summed E-state index contributed by atoms with van der Waals surface area (Å²) in [4.78, 5) is 36.8. The Morgan fingerprint density at radius 3 is 2.53 bits per heavy atom. The predicted molar refractivity (Wildman–Crippen MR) is 163 cm³/mol. The maximum Gasteiger partial charge on any atom is 0.337 e. The van der Waals surface area contributed by atoms with E-state index in [-0.39, 0.29) is 17.9 Å². The van der Waals surface area contributed by atoms with E-state index in [1.807, 2.05) is 18.2 Å². The summed E-state index contributed by atoms with van der Waals surface area (Å²) >= 11 is 9.67. The summed E-state index contributed by atoms with van der Waals surface area (Å²) in [6.45, 7) is 1.58. The molecule has 0 spiro atoms. The van der Waals surface area contributed by atoms with Crippen LogP contribution in [0.25, 0.3) is 0 Å². The molecule has 43 heavy (non-hydrogen) atoms. The van der Waals surface area contributed by atoms with Crippen LogP contribution in [-0.2, 0) is 20.9 Å². The number of hydrazone groups is 1. The lowest BCUT2D eigenvalue weighted by atomic mass is 9.95. The number of carbonyl (C=O) groups excluding carboxylic acids is 3. The minimum absolute atomic E-state index is 0.251. The van der Waals surface area contributed by atoms with E-state index >= 15 is 0 Å². The van der Waals surface area contributed by atoms with Crippen LogP contribution in [0.1, 0.15) is 29.7 Å². The van der Waals surface area contributed by atoms with E-state index in [4.69, 9.17) is 30.5 Å². The number of ether oxygens (including phenoxy) is 4. The van der Waals surface area contributed by atoms with Gasteiger partial charge in [-0.15, -0.1) is 0 Å². The molecule has 0 unspecified atom stereocenters. The Kier molecular flexibility index (Phi) is 10.6. The average Bonchev–Trinajstić information content (AvgIpc) is 2.99. The summed E-state index contributed by atoms with van der Waals surface area (Å²) in [5.41, 5.74) is 5.19. The third-order valence-corrected chi connectivity index (χ3v) is 7.24. The molecule has 0 fully saturated rings. The van der Waals surface area contributed by atoms with Crippen molar-refractivity contribution in [2.24, 2.45) is 5.10 Å². The van der Waals surface area contributed by atoms with E-state index < -0.39 is 23.9 Å². The predicted octanol–water partition coefficient (Wildman–Crippen LogP) is 5.02. The van der Waals surface area contributed by atoms with Crippen LogP contribution in [0.2, 0.25) is 5.02 Å². The molecule has 0 bridgehead atoms. The van der Waals surface area contributed by atoms with Crippen molar-refractivity contribution in [1.29, 1.82) is 0 Å². The van der Waals surface area contributed by atoms with E-state index in [9.17, 15) is 14.4 Å². The fraction of sp³-hybridized carbons (Fsp3) is 0.200. The summed E-state index contributed by atoms with van der Waals surface area (Å²) < 4.78 is 22.5. The molecule has 11 nitrogen and oxygen atoms in total. The first-order chi connectivity index (χ1) is 20.7. The van der Waals surface area contributed by atoms with Gasteiger partial charge in [-0.2, -0.15) is 5.10 Å². The van der Waals surface area contributed by atoms with Crippen LogP contribution in [0, 0.1) is 0 Å². The first-order valence-electron chi connectivity index (χ1n) is 12.8. The molecule has 3 aromatic rings. The molecule has 1 aliphatic heterocycles. The molecule has 0 radical (unpaired) electrons. The van der Waals surface area contributed by atoms with Gasteiger partial charge in [-0.05, 0) is 70.4 Å². The Hall–Kier alpha value is -4.55. The second kappa shape index (κ2) is 14.6. The summed E-state index contributed by atoms with van der Waals surface area (Å²) in [5, 5.41) is 9.89. The fourth-order valence-electron chi connectivity index (χ4n) is 4.15. The van der Waals surface area contributed by atoms with Crippen LogP contribution in [0.3, 0.4) is 0 Å². The minimum atomic E-state index is -0.773. The molecule has 1 atom stereocenters. The molecule has 3 amide bonds. The highest BCUT2D eigenvalue weighted by Crippen LogP contribution is 2.34. The van der Waals surface area contributed by atoms with Crippen molar-refractivity contribution in [1.82, 2.24) is 16.1 Å². The van der Waals surface area contributed by atoms with Gasteiger partial charge in [-0.3, -0.25) is 4.79 Å². The van der Waals surface area contributed by atoms with Crippen molar-refractivity contribution >= 4 is 51.7 Å². The topological polar surface area (TPSA) is 137 Å². The van der Waals surface area contributed by atoms with Gasteiger partial charge >= 0.3 is 12.0 Å². The number of halogens is 2. The zero-order valence-corrected chi connectivity index (χ0v) is 25.7. The average molecular weight is 672 g/mol. The van der Waals surface area contributed by atoms with Crippen LogP contribution in [0.15, 0.2) is 81.5 Å². The number of benzene rings is 3. The van der Waals surface area contributed by atoms with Gasteiger partial charge in [0.1, 0.15) is 12.4 Å². The SMILES string of the molecule is COC(=O)C1=C(C)NC(=O)N[C@@H]1c1ccc(OCC(=O)N/N=C\c2ccc(OCc3ccccc3Cl)c(Br)c2)c(OC)c1. The number of amides is 3. The molecule has 224 valence electrons. The smallest absolute Gasteiger partial charge is 0.337 e. The second-order valence-corrected chi connectivity index (χ2v) is 10.4. The Morgan fingerprint density at radius 2 is 1.81 bits per heavy atom. The van der Waals surface area contributed by atoms with Gasteiger partial charge < -0.3 is 29.6 Å². The first kappa shape index (κ1) is 31.4. The number of esters is 1. The number of nitrogens with zero attached hydrogens (tertiary/aromatic N) is 1. The highest BCUT2D eigenvalue weighted by Gasteiger charge is 2.32. The summed E-state index contributed by atoms with van der Waals surface area (Å²) in [6.07, 6.45) is 1.48. The summed E-state index contributed by atoms with van der Waals surface area (Å²) in [5.74, 6) is 0.118. The zero-order valence-electron chi connectivity index (χ0n) is 23.4. The number of hydrogen-bond donors (Lipinski definition) is 3. The van der Waals surface area contributed by atoms with Crippen LogP contribution in [0.4, 0.5) is 4.79 Å². The van der Waals surface area contributed by atoms with Gasteiger partial charge in [-0.25, -0.2) is 15.0 Å². The Bertz CT molecular complexity index is 1590. The van der Waals surface area contributed by atoms with Crippen LogP contribution < -0.4 is 30.3 Å². The molecule has 0 aromatic heterocycles. The lowest BCUT2D eigenvalue weighted by Gasteiger charge is -2.28. The lowest BCUT2D eigenvalue weighted by Crippen LogP contribution is -2.45. The normalized spacial score (nSPS) is 14.5. The highest BCUT2D eigenvalue weighted by atomic mass is 79.9. The largest absolute Gasteiger partial charge is 0.493 e. The summed E-state index contributed by atoms with van der Waals surface area (Å²) in [6, 6.07) is 16.4. The quantitative estimate of drug-likeness (QED) is 0.148. The Morgan fingerprint density at radius 1 is 1.05 bits per heavy atom. The molecule has 0 saturated carbocycles. The van der Waals surface area contributed by atoms with E-state index in [0.717, 1.165) is 11.1 Å². The third kappa shape index (κ3) is 8.05. The molecule has 1 aliphatic rings. The van der Waals surface area contributed by atoms with Crippen LogP contribution in [-0.4, -0.2) is 44.9 Å². The van der Waals surface area contributed by atoms with Gasteiger partial charge in [0.05, 0.1) is 36.5 Å². The monoisotopic (exact) mass is 670 g/mol. The van der Waals surface area contributed by atoms with Crippen molar-refractivity contribution < 1.29 is 33.3 Å². The number of rotatable bonds is 11. The molecule has 13 heteroatoms. The number of hydrogen-bond acceptors (Lipinski definition) is 8. The van der Waals surface area contributed by atoms with Gasteiger partial charge in [0.2, 0.25) is 0 Å². The van der Waals surface area contributed by atoms with E-state index in [2.05, 4.69) is 37.1 Å². The molecular weight excluding hydrogens is 644 g/mol. The first-order valence-corrected chi connectivity index (χ1v) is 14.0. The molecular formula is C30H28BrClN4O7. The number of urea groups is 1. The van der Waals surface area contributed by atoms with Crippen molar-refractivity contribution in [3.63, 3.8) is 0 Å². The van der Waals surface area contributed by atoms with E-state index in [1.165, 1.54) is 20.4 Å². The van der Waals surface area contributed by atoms with Gasteiger partial charge in [0, 0.05) is 16.3 Å². The fourth-order valence-corrected chi connectivity index (χ4v) is 4.85. The van der Waals surface area contributed by atoms with Crippen molar-refractivity contribution in [3.05, 3.63) is 98.1 Å². The van der Waals surface area contributed by atoms with E-state index in [0.29, 0.717) is 38.9 Å². The number of nitrogens with one attached hydrogen (secondary N) is 3. The maximum absolute atomic E-state index is 12.4. The zero-order chi connectivity index (χ0) is 30.9. The lowest BCUT2D eigenvalue weighted by molar-refractivity contribution is -0.136. The number of methoxy groups -OCH3 is 2. The van der Waals surface area contributed by atoms with Crippen molar-refractivity contribution in [3.8, 4) is 17.2 Å². The van der Waals surface area contributed by atoms with Crippen LogP contribution >= 0.6 is 27.5 Å². The maximum atomic E-state index is 12.4. The second-order valence-electron chi connectivity index (χ2n) is 9.12. The Balaban J connectivity index is 1.33. The molecule has 4 rings (SSSR count). The minimum Gasteiger partial charge on any atom is -0.493 e. The van der Waals surface area contributed by atoms with Crippen molar-refractivity contribution in [2.75, 3.05) is 20.8 Å². The Labute approximate surface area is 261 Å². The number of allylic oxidation sites excluding steroid dienone is 1. The third-order valence-electron chi connectivity index (χ3n) is 6.25. The molecule has 1 heterocycles. The van der Waals surface area contributed by atoms with E-state index in [1.54, 1.807) is 49.4 Å². The van der Waals surface area contributed by atoms with Gasteiger partial charge in [0.15, 0.2) is 18.1 Å². The molecule has 3 aromatic carbocycles.